The van der Waals surface area contributed by atoms with Crippen LogP contribution in [0.2, 0.25) is 10.0 Å². The van der Waals surface area contributed by atoms with Crippen molar-refractivity contribution in [3.63, 3.8) is 0 Å². The fraction of sp³-hybridized carbons (Fsp3) is 0.118. The normalized spacial score (nSPS) is 10.7. The summed E-state index contributed by atoms with van der Waals surface area (Å²) in [5, 5.41) is 1.18. The van der Waals surface area contributed by atoms with Gasteiger partial charge in [0.1, 0.15) is 17.2 Å². The molecule has 0 unspecified atom stereocenters. The van der Waals surface area contributed by atoms with Crippen LogP contribution in [0.25, 0.3) is 11.3 Å². The number of furan rings is 1. The van der Waals surface area contributed by atoms with Crippen LogP contribution in [0.5, 0.6) is 0 Å². The summed E-state index contributed by atoms with van der Waals surface area (Å²) >= 11 is 11.7. The van der Waals surface area contributed by atoms with E-state index in [4.69, 9.17) is 27.6 Å². The van der Waals surface area contributed by atoms with Gasteiger partial charge in [-0.3, -0.25) is 4.79 Å². The van der Waals surface area contributed by atoms with E-state index < -0.39 is 0 Å². The number of carbonyl (C=O) groups excluding carboxylic acids is 1. The zero-order valence-electron chi connectivity index (χ0n) is 12.3. The SMILES string of the molecule is CN(Cc1ccc(-c2ccc(Cl)cc2)o1)C(=O)c1cc(Cl)c[nH]1. The second-order valence-corrected chi connectivity index (χ2v) is 6.04. The molecule has 0 spiro atoms. The molecule has 0 radical (unpaired) electrons. The van der Waals surface area contributed by atoms with E-state index in [0.717, 1.165) is 11.3 Å². The highest BCUT2D eigenvalue weighted by molar-refractivity contribution is 6.31. The Morgan fingerprint density at radius 3 is 2.52 bits per heavy atom. The van der Waals surface area contributed by atoms with Gasteiger partial charge in [0, 0.05) is 23.8 Å². The quantitative estimate of drug-likeness (QED) is 0.732. The minimum Gasteiger partial charge on any atom is -0.459 e. The number of nitrogens with zero attached hydrogens (tertiary/aromatic N) is 1. The molecule has 0 aliphatic rings. The number of aromatic amines is 1. The van der Waals surface area contributed by atoms with Gasteiger partial charge in [0.25, 0.3) is 5.91 Å². The molecule has 0 bridgehead atoms. The molecule has 1 N–H and O–H groups in total. The van der Waals surface area contributed by atoms with Crippen LogP contribution in [0.15, 0.2) is 53.1 Å². The second kappa shape index (κ2) is 6.52. The van der Waals surface area contributed by atoms with Crippen LogP contribution in [0.3, 0.4) is 0 Å². The highest BCUT2D eigenvalue weighted by Gasteiger charge is 2.15. The Morgan fingerprint density at radius 2 is 1.87 bits per heavy atom. The summed E-state index contributed by atoms with van der Waals surface area (Å²) < 4.78 is 5.80. The largest absolute Gasteiger partial charge is 0.459 e. The van der Waals surface area contributed by atoms with Gasteiger partial charge in [-0.05, 0) is 42.5 Å². The number of hydrogen-bond acceptors (Lipinski definition) is 2. The number of hydrogen-bond donors (Lipinski definition) is 1. The van der Waals surface area contributed by atoms with Gasteiger partial charge >= 0.3 is 0 Å². The second-order valence-electron chi connectivity index (χ2n) is 5.17. The van der Waals surface area contributed by atoms with Crippen molar-refractivity contribution in [3.05, 3.63) is 70.2 Å². The Bertz CT molecular complexity index is 821. The highest BCUT2D eigenvalue weighted by atomic mass is 35.5. The van der Waals surface area contributed by atoms with Crippen molar-refractivity contribution in [2.45, 2.75) is 6.54 Å². The lowest BCUT2D eigenvalue weighted by Gasteiger charge is -2.14. The third-order valence-corrected chi connectivity index (χ3v) is 3.88. The molecule has 1 amide bonds. The third kappa shape index (κ3) is 3.60. The molecule has 0 fully saturated rings. The van der Waals surface area contributed by atoms with E-state index in [1.54, 1.807) is 24.2 Å². The molecule has 118 valence electrons. The van der Waals surface area contributed by atoms with E-state index in [0.29, 0.717) is 28.0 Å². The van der Waals surface area contributed by atoms with E-state index >= 15 is 0 Å². The zero-order chi connectivity index (χ0) is 16.4. The van der Waals surface area contributed by atoms with Crippen LogP contribution in [-0.2, 0) is 6.54 Å². The summed E-state index contributed by atoms with van der Waals surface area (Å²) in [5.41, 5.74) is 1.38. The molecule has 0 saturated carbocycles. The summed E-state index contributed by atoms with van der Waals surface area (Å²) in [4.78, 5) is 16.7. The van der Waals surface area contributed by atoms with Gasteiger partial charge in [0.05, 0.1) is 11.6 Å². The molecule has 6 heteroatoms. The number of nitrogens with one attached hydrogen (secondary N) is 1. The van der Waals surface area contributed by atoms with Crippen molar-refractivity contribution in [1.29, 1.82) is 0 Å². The number of aromatic nitrogens is 1. The molecule has 0 aliphatic carbocycles. The standard InChI is InChI=1S/C17H14Cl2N2O2/c1-21(17(22)15-8-13(19)9-20-15)10-14-6-7-16(23-14)11-2-4-12(18)5-3-11/h2-9,20H,10H2,1H3. The van der Waals surface area contributed by atoms with Gasteiger partial charge < -0.3 is 14.3 Å². The van der Waals surface area contributed by atoms with Crippen LogP contribution in [0.4, 0.5) is 0 Å². The summed E-state index contributed by atoms with van der Waals surface area (Å²) in [5.74, 6) is 1.28. The van der Waals surface area contributed by atoms with Crippen LogP contribution < -0.4 is 0 Å². The van der Waals surface area contributed by atoms with Crippen molar-refractivity contribution < 1.29 is 9.21 Å². The lowest BCUT2D eigenvalue weighted by molar-refractivity contribution is 0.0770. The van der Waals surface area contributed by atoms with E-state index in [2.05, 4.69) is 4.98 Å². The fourth-order valence-corrected chi connectivity index (χ4v) is 2.52. The maximum atomic E-state index is 12.3. The number of amides is 1. The number of halogens is 2. The van der Waals surface area contributed by atoms with Gasteiger partial charge in [-0.15, -0.1) is 0 Å². The number of carbonyl (C=O) groups is 1. The van der Waals surface area contributed by atoms with Crippen LogP contribution in [0.1, 0.15) is 16.2 Å². The minimum atomic E-state index is -0.152. The summed E-state index contributed by atoms with van der Waals surface area (Å²) in [7, 11) is 1.71. The van der Waals surface area contributed by atoms with Gasteiger partial charge in [0.2, 0.25) is 0 Å². The smallest absolute Gasteiger partial charge is 0.270 e. The molecule has 2 aromatic heterocycles. The van der Waals surface area contributed by atoms with Gasteiger partial charge in [-0.1, -0.05) is 23.2 Å². The first kappa shape index (κ1) is 15.7. The van der Waals surface area contributed by atoms with Crippen LogP contribution >= 0.6 is 23.2 Å². The Kier molecular flexibility index (Phi) is 4.46. The summed E-state index contributed by atoms with van der Waals surface area (Å²) in [6.07, 6.45) is 1.58. The first-order chi connectivity index (χ1) is 11.0. The number of H-pyrrole nitrogens is 1. The fourth-order valence-electron chi connectivity index (χ4n) is 2.23. The van der Waals surface area contributed by atoms with E-state index in [9.17, 15) is 4.79 Å². The predicted molar refractivity (Wildman–Crippen MR) is 90.8 cm³/mol. The van der Waals surface area contributed by atoms with E-state index in [1.807, 2.05) is 36.4 Å². The molecule has 3 aromatic rings. The van der Waals surface area contributed by atoms with E-state index in [1.165, 1.54) is 0 Å². The Balaban J connectivity index is 1.71. The zero-order valence-corrected chi connectivity index (χ0v) is 13.9. The Morgan fingerprint density at radius 1 is 1.13 bits per heavy atom. The van der Waals surface area contributed by atoms with E-state index in [-0.39, 0.29) is 5.91 Å². The highest BCUT2D eigenvalue weighted by Crippen LogP contribution is 2.24. The molecule has 0 aliphatic heterocycles. The van der Waals surface area contributed by atoms with Gasteiger partial charge in [0.15, 0.2) is 0 Å². The van der Waals surface area contributed by atoms with Crippen molar-refractivity contribution in [3.8, 4) is 11.3 Å². The first-order valence-corrected chi connectivity index (χ1v) is 7.72. The van der Waals surface area contributed by atoms with Crippen LogP contribution in [-0.4, -0.2) is 22.8 Å². The molecule has 4 nitrogen and oxygen atoms in total. The Labute approximate surface area is 143 Å². The average molecular weight is 349 g/mol. The summed E-state index contributed by atoms with van der Waals surface area (Å²) in [6.45, 7) is 0.364. The van der Waals surface area contributed by atoms with Crippen molar-refractivity contribution in [2.24, 2.45) is 0 Å². The first-order valence-electron chi connectivity index (χ1n) is 6.97. The predicted octanol–water partition coefficient (Wildman–Crippen LogP) is 4.85. The molecule has 0 saturated heterocycles. The molecule has 23 heavy (non-hydrogen) atoms. The monoisotopic (exact) mass is 348 g/mol. The lowest BCUT2D eigenvalue weighted by atomic mass is 10.2. The third-order valence-electron chi connectivity index (χ3n) is 3.41. The Hall–Kier alpha value is -2.17. The average Bonchev–Trinajstić information content (AvgIpc) is 3.16. The number of benzene rings is 1. The molecule has 3 rings (SSSR count). The summed E-state index contributed by atoms with van der Waals surface area (Å²) in [6, 6.07) is 12.7. The molecule has 2 heterocycles. The van der Waals surface area contributed by atoms with Gasteiger partial charge in [-0.2, -0.15) is 0 Å². The molecular formula is C17H14Cl2N2O2. The molecule has 1 aromatic carbocycles. The topological polar surface area (TPSA) is 49.2 Å². The van der Waals surface area contributed by atoms with Crippen LogP contribution in [0, 0.1) is 0 Å². The van der Waals surface area contributed by atoms with Crippen molar-refractivity contribution in [2.75, 3.05) is 7.05 Å². The van der Waals surface area contributed by atoms with Crippen molar-refractivity contribution in [1.82, 2.24) is 9.88 Å². The van der Waals surface area contributed by atoms with Crippen molar-refractivity contribution >= 4 is 29.1 Å². The maximum Gasteiger partial charge on any atom is 0.270 e. The maximum absolute atomic E-state index is 12.3. The number of rotatable bonds is 4. The van der Waals surface area contributed by atoms with Gasteiger partial charge in [-0.25, -0.2) is 0 Å². The lowest BCUT2D eigenvalue weighted by Crippen LogP contribution is -2.26. The molecule has 0 atom stereocenters. The molecular weight excluding hydrogens is 335 g/mol. The minimum absolute atomic E-state index is 0.152.